The number of aryl methyl sites for hydroxylation is 1. The molecule has 4 rings (SSSR count). The van der Waals surface area contributed by atoms with Gasteiger partial charge in [0.25, 0.3) is 0 Å². The number of rotatable bonds is 6. The number of thiophene rings is 1. The molecule has 2 saturated heterocycles. The van der Waals surface area contributed by atoms with Crippen molar-refractivity contribution in [2.24, 2.45) is 5.92 Å². The van der Waals surface area contributed by atoms with E-state index >= 15 is 0 Å². The minimum atomic E-state index is 0.0478. The fourth-order valence-corrected chi connectivity index (χ4v) is 5.12. The second-order valence-electron chi connectivity index (χ2n) is 7.61. The van der Waals surface area contributed by atoms with E-state index < -0.39 is 0 Å². The van der Waals surface area contributed by atoms with Crippen molar-refractivity contribution < 1.29 is 4.79 Å². The summed E-state index contributed by atoms with van der Waals surface area (Å²) in [7, 11) is 0. The summed E-state index contributed by atoms with van der Waals surface area (Å²) in [5.74, 6) is 1.24. The summed E-state index contributed by atoms with van der Waals surface area (Å²) in [5, 5.41) is 4.30. The lowest BCUT2D eigenvalue weighted by molar-refractivity contribution is -0.125. The van der Waals surface area contributed by atoms with Gasteiger partial charge in [-0.3, -0.25) is 4.79 Å². The number of hydrogen-bond acceptors (Lipinski definition) is 6. The molecule has 2 aliphatic heterocycles. The number of nitrogens with zero attached hydrogens (tertiary/aromatic N) is 4. The molecular weight excluding hydrogens is 358 g/mol. The molecule has 7 heteroatoms. The van der Waals surface area contributed by atoms with Gasteiger partial charge < -0.3 is 15.1 Å². The molecule has 0 aromatic carbocycles. The molecule has 0 radical (unpaired) electrons. The van der Waals surface area contributed by atoms with Crippen molar-refractivity contribution in [2.45, 2.75) is 39.0 Å². The van der Waals surface area contributed by atoms with Crippen molar-refractivity contribution in [3.8, 4) is 0 Å². The Labute approximate surface area is 165 Å². The summed E-state index contributed by atoms with van der Waals surface area (Å²) in [6.07, 6.45) is 7.25. The summed E-state index contributed by atoms with van der Waals surface area (Å²) in [4.78, 5) is 28.8. The van der Waals surface area contributed by atoms with Crippen LogP contribution < -0.4 is 10.2 Å². The van der Waals surface area contributed by atoms with Crippen LogP contribution >= 0.6 is 11.3 Å². The minimum absolute atomic E-state index is 0.0478. The summed E-state index contributed by atoms with van der Waals surface area (Å²) < 4.78 is 0. The van der Waals surface area contributed by atoms with Crippen LogP contribution in [0, 0.1) is 5.92 Å². The molecule has 27 heavy (non-hydrogen) atoms. The number of fused-ring (bicyclic) bond motifs is 1. The molecule has 146 valence electrons. The fraction of sp³-hybridized carbons (Fsp3) is 0.650. The second-order valence-corrected chi connectivity index (χ2v) is 8.72. The summed E-state index contributed by atoms with van der Waals surface area (Å²) >= 11 is 1.74. The number of carbonyl (C=O) groups excluding carboxylic acids is 1. The third-order valence-corrected chi connectivity index (χ3v) is 6.91. The van der Waals surface area contributed by atoms with Gasteiger partial charge >= 0.3 is 0 Å². The zero-order valence-corrected chi connectivity index (χ0v) is 16.9. The van der Waals surface area contributed by atoms with E-state index in [9.17, 15) is 4.79 Å². The molecule has 6 nitrogen and oxygen atoms in total. The summed E-state index contributed by atoms with van der Waals surface area (Å²) in [6, 6.07) is 2.22. The number of nitrogens with one attached hydrogen (secondary N) is 1. The first-order chi connectivity index (χ1) is 13.2. The van der Waals surface area contributed by atoms with Crippen molar-refractivity contribution in [3.63, 3.8) is 0 Å². The third kappa shape index (κ3) is 4.24. The Bertz CT molecular complexity index is 786. The molecule has 1 amide bonds. The van der Waals surface area contributed by atoms with E-state index in [-0.39, 0.29) is 11.8 Å². The maximum absolute atomic E-state index is 12.7. The number of piperidine rings is 1. The monoisotopic (exact) mass is 387 g/mol. The lowest BCUT2D eigenvalue weighted by atomic mass is 9.97. The molecule has 2 fully saturated rings. The highest BCUT2D eigenvalue weighted by molar-refractivity contribution is 7.18. The molecule has 2 aliphatic rings. The fourth-order valence-electron chi connectivity index (χ4n) is 4.19. The van der Waals surface area contributed by atoms with Gasteiger partial charge in [-0.25, -0.2) is 9.97 Å². The van der Waals surface area contributed by atoms with E-state index in [0.717, 1.165) is 61.5 Å². The summed E-state index contributed by atoms with van der Waals surface area (Å²) in [5.41, 5.74) is 0. The second kappa shape index (κ2) is 8.52. The molecule has 0 aliphatic carbocycles. The molecule has 0 saturated carbocycles. The number of carbonyl (C=O) groups is 1. The normalized spacial score (nSPS) is 21.1. The van der Waals surface area contributed by atoms with Gasteiger partial charge in [-0.1, -0.05) is 6.92 Å². The molecule has 2 aromatic heterocycles. The maximum atomic E-state index is 12.7. The van der Waals surface area contributed by atoms with E-state index in [1.54, 1.807) is 17.7 Å². The highest BCUT2D eigenvalue weighted by Crippen LogP contribution is 2.32. The number of amides is 1. The Morgan fingerprint density at radius 3 is 2.93 bits per heavy atom. The number of aromatic nitrogens is 2. The Kier molecular flexibility index (Phi) is 5.88. The molecule has 1 atom stereocenters. The van der Waals surface area contributed by atoms with Crippen LogP contribution in [-0.4, -0.2) is 60.0 Å². The van der Waals surface area contributed by atoms with Crippen LogP contribution in [-0.2, 0) is 11.2 Å². The Morgan fingerprint density at radius 1 is 1.26 bits per heavy atom. The van der Waals surface area contributed by atoms with Crippen LogP contribution in [0.3, 0.4) is 0 Å². The van der Waals surface area contributed by atoms with Gasteiger partial charge in [0.1, 0.15) is 17.0 Å². The lowest BCUT2D eigenvalue weighted by Crippen LogP contribution is -2.44. The molecule has 0 bridgehead atoms. The highest BCUT2D eigenvalue weighted by Gasteiger charge is 2.27. The van der Waals surface area contributed by atoms with Crippen LogP contribution in [0.2, 0.25) is 0 Å². The molecule has 0 spiro atoms. The van der Waals surface area contributed by atoms with E-state index in [0.29, 0.717) is 0 Å². The Morgan fingerprint density at radius 2 is 2.11 bits per heavy atom. The molecule has 1 unspecified atom stereocenters. The smallest absolute Gasteiger partial charge is 0.224 e. The molecule has 1 N–H and O–H groups in total. The quantitative estimate of drug-likeness (QED) is 0.826. The average molecular weight is 388 g/mol. The van der Waals surface area contributed by atoms with Gasteiger partial charge in [0.15, 0.2) is 0 Å². The highest BCUT2D eigenvalue weighted by atomic mass is 32.1. The van der Waals surface area contributed by atoms with Gasteiger partial charge in [-0.05, 0) is 51.3 Å². The van der Waals surface area contributed by atoms with Gasteiger partial charge in [-0.2, -0.15) is 0 Å². The SMILES string of the molecule is CCc1cc2c(N3CCCC(C(=O)NCCN4CCCC4)C3)ncnc2s1. The topological polar surface area (TPSA) is 61.4 Å². The van der Waals surface area contributed by atoms with E-state index in [1.807, 2.05) is 0 Å². The number of likely N-dealkylation sites (tertiary alicyclic amines) is 1. The van der Waals surface area contributed by atoms with E-state index in [2.05, 4.69) is 38.1 Å². The zero-order valence-electron chi connectivity index (χ0n) is 16.1. The van der Waals surface area contributed by atoms with Crippen molar-refractivity contribution in [1.82, 2.24) is 20.2 Å². The maximum Gasteiger partial charge on any atom is 0.224 e. The number of anilines is 1. The van der Waals surface area contributed by atoms with Crippen molar-refractivity contribution in [2.75, 3.05) is 44.2 Å². The van der Waals surface area contributed by atoms with Gasteiger partial charge in [-0.15, -0.1) is 11.3 Å². The lowest BCUT2D eigenvalue weighted by Gasteiger charge is -2.33. The standard InChI is InChI=1S/C20H29N5OS/c1-2-16-12-17-18(22-14-23-20(17)27-16)25-10-5-6-15(13-25)19(26)21-7-11-24-8-3-4-9-24/h12,14-15H,2-11,13H2,1H3,(H,21,26). The largest absolute Gasteiger partial charge is 0.355 e. The number of hydrogen-bond donors (Lipinski definition) is 1. The zero-order chi connectivity index (χ0) is 18.6. The van der Waals surface area contributed by atoms with Gasteiger partial charge in [0.2, 0.25) is 5.91 Å². The first-order valence-corrected chi connectivity index (χ1v) is 11.0. The van der Waals surface area contributed by atoms with E-state index in [4.69, 9.17) is 0 Å². The van der Waals surface area contributed by atoms with Crippen molar-refractivity contribution >= 4 is 33.3 Å². The third-order valence-electron chi connectivity index (χ3n) is 5.73. The average Bonchev–Trinajstić information content (AvgIpc) is 3.37. The van der Waals surface area contributed by atoms with Crippen molar-refractivity contribution in [3.05, 3.63) is 17.3 Å². The summed E-state index contributed by atoms with van der Waals surface area (Å²) in [6.45, 7) is 7.97. The van der Waals surface area contributed by atoms with Crippen LogP contribution in [0.4, 0.5) is 5.82 Å². The Balaban J connectivity index is 1.39. The van der Waals surface area contributed by atoms with E-state index in [1.165, 1.54) is 30.8 Å². The van der Waals surface area contributed by atoms with Crippen LogP contribution in [0.5, 0.6) is 0 Å². The van der Waals surface area contributed by atoms with Crippen LogP contribution in [0.15, 0.2) is 12.4 Å². The first-order valence-electron chi connectivity index (χ1n) is 10.2. The minimum Gasteiger partial charge on any atom is -0.355 e. The predicted molar refractivity (Wildman–Crippen MR) is 110 cm³/mol. The Hall–Kier alpha value is -1.73. The molecule has 4 heterocycles. The van der Waals surface area contributed by atoms with Crippen LogP contribution in [0.1, 0.15) is 37.5 Å². The molecule has 2 aromatic rings. The molecular formula is C20H29N5OS. The van der Waals surface area contributed by atoms with Crippen molar-refractivity contribution in [1.29, 1.82) is 0 Å². The van der Waals surface area contributed by atoms with Crippen LogP contribution in [0.25, 0.3) is 10.2 Å². The van der Waals surface area contributed by atoms with Gasteiger partial charge in [0.05, 0.1) is 11.3 Å². The van der Waals surface area contributed by atoms with Gasteiger partial charge in [0, 0.05) is 31.1 Å². The predicted octanol–water partition coefficient (Wildman–Crippen LogP) is 2.68. The first kappa shape index (κ1) is 18.6.